The number of nitrogens with zero attached hydrogens (tertiary/aromatic N) is 8. The molecule has 0 aliphatic heterocycles. The summed E-state index contributed by atoms with van der Waals surface area (Å²) < 4.78 is 27.9. The molecule has 7 aromatic heterocycles. The lowest BCUT2D eigenvalue weighted by Gasteiger charge is -2.11. The van der Waals surface area contributed by atoms with Gasteiger partial charge >= 0.3 is 11.9 Å². The van der Waals surface area contributed by atoms with E-state index in [2.05, 4.69) is 40.0 Å². The van der Waals surface area contributed by atoms with E-state index in [1.54, 1.807) is 99.8 Å². The van der Waals surface area contributed by atoms with Gasteiger partial charge in [-0.25, -0.2) is 24.5 Å². The van der Waals surface area contributed by atoms with Gasteiger partial charge < -0.3 is 28.6 Å². The van der Waals surface area contributed by atoms with Crippen molar-refractivity contribution in [3.63, 3.8) is 0 Å². The zero-order chi connectivity index (χ0) is 51.8. The Labute approximate surface area is 433 Å². The van der Waals surface area contributed by atoms with Gasteiger partial charge in [0.2, 0.25) is 17.6 Å². The molecule has 0 amide bonds. The van der Waals surface area contributed by atoms with Gasteiger partial charge in [0.1, 0.15) is 17.2 Å². The molecule has 10 rings (SSSR count). The van der Waals surface area contributed by atoms with Crippen LogP contribution in [-0.2, 0) is 4.74 Å². The number of carbonyl (C=O) groups is 2. The molecule has 0 saturated heterocycles. The topological polar surface area (TPSA) is 208 Å². The summed E-state index contributed by atoms with van der Waals surface area (Å²) in [6.07, 6.45) is 15.7. The van der Waals surface area contributed by atoms with Gasteiger partial charge in [0.05, 0.1) is 17.7 Å². The number of esters is 1. The SMILES string of the molecule is C.CCOC(=O)c1ccc(Oc2ncccc2-c2cnccc2C)cc1.Cc1ccncc1-c1cccnc1Oc1ccc(C(=O)O)cc1.Cc1noc(-c2ccc(Oc3ncccc3-c3cnccc3C)cc2)n1. The van der Waals surface area contributed by atoms with Crippen molar-refractivity contribution in [2.24, 2.45) is 0 Å². The van der Waals surface area contributed by atoms with E-state index in [-0.39, 0.29) is 19.0 Å². The van der Waals surface area contributed by atoms with Gasteiger partial charge in [-0.15, -0.1) is 0 Å². The van der Waals surface area contributed by atoms with E-state index in [1.807, 2.05) is 106 Å². The molecule has 376 valence electrons. The number of hydrogen-bond acceptors (Lipinski definition) is 15. The van der Waals surface area contributed by atoms with Crippen molar-refractivity contribution in [1.29, 1.82) is 0 Å². The first kappa shape index (κ1) is 52.9. The monoisotopic (exact) mass is 1000 g/mol. The smallest absolute Gasteiger partial charge is 0.338 e. The van der Waals surface area contributed by atoms with Gasteiger partial charge in [0.25, 0.3) is 5.89 Å². The number of carboxylic acids is 1. The third-order valence-electron chi connectivity index (χ3n) is 11.0. The largest absolute Gasteiger partial charge is 0.478 e. The summed E-state index contributed by atoms with van der Waals surface area (Å²) in [7, 11) is 0. The van der Waals surface area contributed by atoms with E-state index in [9.17, 15) is 9.59 Å². The first-order valence-corrected chi connectivity index (χ1v) is 23.2. The molecule has 0 saturated carbocycles. The Morgan fingerprint density at radius 2 is 0.880 bits per heavy atom. The number of benzene rings is 3. The van der Waals surface area contributed by atoms with Crippen LogP contribution in [0, 0.1) is 27.7 Å². The first-order chi connectivity index (χ1) is 36.0. The van der Waals surface area contributed by atoms with Crippen LogP contribution in [0.2, 0.25) is 0 Å². The summed E-state index contributed by atoms with van der Waals surface area (Å²) in [4.78, 5) is 52.4. The lowest BCUT2D eigenvalue weighted by Crippen LogP contribution is -2.04. The van der Waals surface area contributed by atoms with Crippen LogP contribution in [0.3, 0.4) is 0 Å². The first-order valence-electron chi connectivity index (χ1n) is 23.2. The van der Waals surface area contributed by atoms with Crippen LogP contribution in [0.1, 0.15) is 57.6 Å². The number of rotatable bonds is 13. The minimum Gasteiger partial charge on any atom is -0.478 e. The van der Waals surface area contributed by atoms with E-state index in [0.717, 1.165) is 55.6 Å². The molecule has 0 unspecified atom stereocenters. The third-order valence-corrected chi connectivity index (χ3v) is 11.0. The van der Waals surface area contributed by atoms with Gasteiger partial charge in [-0.2, -0.15) is 4.98 Å². The fourth-order valence-electron chi connectivity index (χ4n) is 7.22. The highest BCUT2D eigenvalue weighted by Gasteiger charge is 2.15. The second-order valence-electron chi connectivity index (χ2n) is 16.2. The lowest BCUT2D eigenvalue weighted by molar-refractivity contribution is 0.0525. The Hall–Kier alpha value is -9.96. The molecule has 16 heteroatoms. The summed E-state index contributed by atoms with van der Waals surface area (Å²) >= 11 is 0. The standard InChI is InChI=1S/C20H16N4O2.C20H18N2O3.C18H14N2O3.CH4/c1-13-9-11-21-12-18(13)17-4-3-10-22-20(17)25-16-7-5-15(6-8-16)19-23-14(2)24-26-19;1-3-24-20(23)15-6-8-16(9-7-15)25-19-17(5-4-11-22-19)18-13-21-12-10-14(18)2;1-12-8-10-19-11-16(12)15-3-2-9-20-17(15)23-14-6-4-13(5-7-14)18(21)22;/h3-12H,1-2H3;4-13H,3H2,1-2H3;2-11H,1H3,(H,21,22);1H4. The predicted molar refractivity (Wildman–Crippen MR) is 284 cm³/mol. The van der Waals surface area contributed by atoms with Gasteiger partial charge in [-0.1, -0.05) is 12.6 Å². The molecule has 0 aliphatic carbocycles. The van der Waals surface area contributed by atoms with Crippen molar-refractivity contribution in [2.45, 2.75) is 42.0 Å². The van der Waals surface area contributed by atoms with Crippen molar-refractivity contribution in [3.8, 4) is 79.7 Å². The maximum absolute atomic E-state index is 11.7. The number of carboxylic acid groups (broad SMARTS) is 1. The van der Waals surface area contributed by atoms with Crippen molar-refractivity contribution >= 4 is 11.9 Å². The normalized spacial score (nSPS) is 10.3. The minimum atomic E-state index is -0.971. The number of ether oxygens (including phenoxy) is 4. The molecule has 0 fully saturated rings. The van der Waals surface area contributed by atoms with Gasteiger partial charge in [0.15, 0.2) is 5.82 Å². The fourth-order valence-corrected chi connectivity index (χ4v) is 7.22. The van der Waals surface area contributed by atoms with E-state index >= 15 is 0 Å². The van der Waals surface area contributed by atoms with E-state index in [1.165, 1.54) is 12.1 Å². The van der Waals surface area contributed by atoms with E-state index in [0.29, 0.717) is 58.8 Å². The number of pyridine rings is 6. The number of aromatic carboxylic acids is 1. The summed E-state index contributed by atoms with van der Waals surface area (Å²) in [6, 6.07) is 37.7. The zero-order valence-electron chi connectivity index (χ0n) is 40.9. The molecule has 0 aliphatic rings. The second-order valence-corrected chi connectivity index (χ2v) is 16.2. The highest BCUT2D eigenvalue weighted by Crippen LogP contribution is 2.36. The van der Waals surface area contributed by atoms with Crippen LogP contribution in [0.4, 0.5) is 0 Å². The second kappa shape index (κ2) is 25.4. The summed E-state index contributed by atoms with van der Waals surface area (Å²) in [5.74, 6) is 3.03. The Bertz CT molecular complexity index is 3500. The van der Waals surface area contributed by atoms with E-state index in [4.69, 9.17) is 28.6 Å². The Morgan fingerprint density at radius 3 is 1.23 bits per heavy atom. The van der Waals surface area contributed by atoms with Gasteiger partial charge in [-0.3, -0.25) is 15.0 Å². The van der Waals surface area contributed by atoms with Crippen LogP contribution in [0.15, 0.2) is 188 Å². The lowest BCUT2D eigenvalue weighted by atomic mass is 10.0. The molecule has 16 nitrogen and oxygen atoms in total. The maximum atomic E-state index is 11.7. The minimum absolute atomic E-state index is 0. The van der Waals surface area contributed by atoms with Gasteiger partial charge in [0, 0.05) is 94.7 Å². The molecule has 0 spiro atoms. The molecular weight excluding hydrogens is 949 g/mol. The molecule has 0 atom stereocenters. The highest BCUT2D eigenvalue weighted by molar-refractivity contribution is 5.89. The molecule has 1 N–H and O–H groups in total. The number of hydrogen-bond donors (Lipinski definition) is 1. The molecule has 10 aromatic rings. The van der Waals surface area contributed by atoms with Crippen LogP contribution in [0.25, 0.3) is 44.8 Å². The maximum Gasteiger partial charge on any atom is 0.338 e. The van der Waals surface area contributed by atoms with Crippen molar-refractivity contribution in [2.75, 3.05) is 6.61 Å². The average Bonchev–Trinajstić information content (AvgIpc) is 3.87. The van der Waals surface area contributed by atoms with Crippen molar-refractivity contribution in [3.05, 3.63) is 217 Å². The average molecular weight is 1000 g/mol. The Morgan fingerprint density at radius 1 is 0.493 bits per heavy atom. The number of aryl methyl sites for hydroxylation is 4. The molecule has 0 radical (unpaired) electrons. The summed E-state index contributed by atoms with van der Waals surface area (Å²) in [5.41, 5.74) is 10.3. The predicted octanol–water partition coefficient (Wildman–Crippen LogP) is 13.6. The highest BCUT2D eigenvalue weighted by atomic mass is 16.5. The van der Waals surface area contributed by atoms with E-state index < -0.39 is 5.97 Å². The summed E-state index contributed by atoms with van der Waals surface area (Å²) in [6.45, 7) is 9.96. The molecular formula is C59H52N8O8. The van der Waals surface area contributed by atoms with Crippen LogP contribution < -0.4 is 14.2 Å². The van der Waals surface area contributed by atoms with Crippen molar-refractivity contribution in [1.82, 2.24) is 40.0 Å². The number of aromatic nitrogens is 8. The van der Waals surface area contributed by atoms with Crippen LogP contribution in [-0.4, -0.2) is 63.7 Å². The Balaban J connectivity index is 0.000000163. The molecule has 3 aromatic carbocycles. The van der Waals surface area contributed by atoms with Gasteiger partial charge in [-0.05, 0) is 179 Å². The fraction of sp³-hybridized carbons (Fsp3) is 0.119. The molecule has 75 heavy (non-hydrogen) atoms. The van der Waals surface area contributed by atoms with Crippen molar-refractivity contribution < 1.29 is 38.2 Å². The third kappa shape index (κ3) is 13.7. The molecule has 0 bridgehead atoms. The molecule has 7 heterocycles. The zero-order valence-corrected chi connectivity index (χ0v) is 40.9. The quantitative estimate of drug-likeness (QED) is 0.107. The van der Waals surface area contributed by atoms with Crippen LogP contribution in [0.5, 0.6) is 34.9 Å². The van der Waals surface area contributed by atoms with Crippen LogP contribution >= 0.6 is 0 Å². The summed E-state index contributed by atoms with van der Waals surface area (Å²) in [5, 5.41) is 12.7. The Kier molecular flexibility index (Phi) is 17.9. The number of carbonyl (C=O) groups excluding carboxylic acids is 1.